The van der Waals surface area contributed by atoms with Gasteiger partial charge < -0.3 is 9.90 Å². The summed E-state index contributed by atoms with van der Waals surface area (Å²) in [5.74, 6) is -0.873. The summed E-state index contributed by atoms with van der Waals surface area (Å²) >= 11 is 0. The van der Waals surface area contributed by atoms with Gasteiger partial charge in [-0.3, -0.25) is 4.79 Å². The Balaban J connectivity index is 2.23. The molecule has 0 heterocycles. The molecule has 3 heteroatoms. The van der Waals surface area contributed by atoms with Crippen molar-refractivity contribution in [1.29, 1.82) is 0 Å². The number of Topliss-reactive ketones (excluding diaryl/α,β-unsaturated/α-hetero) is 1. The summed E-state index contributed by atoms with van der Waals surface area (Å²) in [5, 5.41) is 10.1. The lowest BCUT2D eigenvalue weighted by Gasteiger charge is -2.07. The molecule has 0 spiro atoms. The lowest BCUT2D eigenvalue weighted by molar-refractivity contribution is -0.305. The van der Waals surface area contributed by atoms with E-state index >= 15 is 0 Å². The Morgan fingerprint density at radius 3 is 2.25 bits per heavy atom. The molecule has 0 unspecified atom stereocenters. The van der Waals surface area contributed by atoms with E-state index in [1.165, 1.54) is 0 Å². The zero-order chi connectivity index (χ0) is 8.97. The zero-order valence-electron chi connectivity index (χ0n) is 7.04. The van der Waals surface area contributed by atoms with Crippen molar-refractivity contribution in [2.45, 2.75) is 38.5 Å². The van der Waals surface area contributed by atoms with Crippen LogP contribution in [0.2, 0.25) is 0 Å². The van der Waals surface area contributed by atoms with Crippen LogP contribution in [0.3, 0.4) is 0 Å². The van der Waals surface area contributed by atoms with E-state index in [4.69, 9.17) is 0 Å². The van der Waals surface area contributed by atoms with Crippen molar-refractivity contribution in [3.05, 3.63) is 0 Å². The van der Waals surface area contributed by atoms with Gasteiger partial charge in [-0.05, 0) is 19.3 Å². The predicted molar refractivity (Wildman–Crippen MR) is 41.2 cm³/mol. The number of carbonyl (C=O) groups is 2. The van der Waals surface area contributed by atoms with E-state index in [1.54, 1.807) is 0 Å². The second-order valence-corrected chi connectivity index (χ2v) is 3.32. The summed E-state index contributed by atoms with van der Waals surface area (Å²) in [4.78, 5) is 21.3. The number of carbonyl (C=O) groups excluding carboxylic acids is 2. The van der Waals surface area contributed by atoms with Crippen LogP contribution in [0.5, 0.6) is 0 Å². The third-order valence-corrected chi connectivity index (χ3v) is 2.39. The van der Waals surface area contributed by atoms with Crippen molar-refractivity contribution in [3.8, 4) is 0 Å². The maximum atomic E-state index is 11.3. The molecule has 3 nitrogen and oxygen atoms in total. The normalized spacial score (nSPS) is 18.0. The molecule has 0 aromatic heterocycles. The molecule has 0 N–H and O–H groups in total. The minimum absolute atomic E-state index is 0.108. The van der Waals surface area contributed by atoms with E-state index in [0.29, 0.717) is 0 Å². The molecule has 1 rings (SSSR count). The van der Waals surface area contributed by atoms with Crippen LogP contribution in [0.25, 0.3) is 0 Å². The van der Waals surface area contributed by atoms with Gasteiger partial charge in [0.2, 0.25) is 0 Å². The van der Waals surface area contributed by atoms with Crippen molar-refractivity contribution in [2.24, 2.45) is 5.92 Å². The Morgan fingerprint density at radius 2 is 1.75 bits per heavy atom. The molecule has 12 heavy (non-hydrogen) atoms. The maximum Gasteiger partial charge on any atom is 0.136 e. The van der Waals surface area contributed by atoms with E-state index < -0.39 is 5.97 Å². The molecule has 0 amide bonds. The summed E-state index contributed by atoms with van der Waals surface area (Å²) in [6, 6.07) is 0. The van der Waals surface area contributed by atoms with Crippen LogP contribution >= 0.6 is 0 Å². The molecule has 1 fully saturated rings. The third kappa shape index (κ3) is 2.64. The highest BCUT2D eigenvalue weighted by Gasteiger charge is 2.21. The smallest absolute Gasteiger partial charge is 0.136 e. The predicted octanol–water partition coefficient (Wildman–Crippen LogP) is 0.276. The number of aliphatic carboxylic acids is 1. The largest absolute Gasteiger partial charge is 0.550 e. The van der Waals surface area contributed by atoms with Crippen molar-refractivity contribution in [1.82, 2.24) is 0 Å². The second-order valence-electron chi connectivity index (χ2n) is 3.32. The minimum atomic E-state index is -1.12. The highest BCUT2D eigenvalue weighted by atomic mass is 16.4. The molecular weight excluding hydrogens is 156 g/mol. The molecule has 0 aromatic carbocycles. The lowest BCUT2D eigenvalue weighted by atomic mass is 9.99. The quantitative estimate of drug-likeness (QED) is 0.607. The Hall–Kier alpha value is -0.860. The van der Waals surface area contributed by atoms with Gasteiger partial charge in [-0.25, -0.2) is 0 Å². The first-order valence-electron chi connectivity index (χ1n) is 4.42. The minimum Gasteiger partial charge on any atom is -0.550 e. The number of carboxylic acids is 1. The van der Waals surface area contributed by atoms with Gasteiger partial charge in [-0.1, -0.05) is 12.8 Å². The van der Waals surface area contributed by atoms with Crippen molar-refractivity contribution in [3.63, 3.8) is 0 Å². The van der Waals surface area contributed by atoms with Gasteiger partial charge in [0.25, 0.3) is 0 Å². The Labute approximate surface area is 71.8 Å². The van der Waals surface area contributed by atoms with Crippen molar-refractivity contribution >= 4 is 11.8 Å². The van der Waals surface area contributed by atoms with E-state index in [9.17, 15) is 14.7 Å². The Bertz CT molecular complexity index is 180. The van der Waals surface area contributed by atoms with Crippen LogP contribution in [0.15, 0.2) is 0 Å². The van der Waals surface area contributed by atoms with Gasteiger partial charge in [-0.15, -0.1) is 0 Å². The maximum absolute atomic E-state index is 11.3. The fourth-order valence-corrected chi connectivity index (χ4v) is 1.68. The van der Waals surface area contributed by atoms with Gasteiger partial charge in [0, 0.05) is 18.3 Å². The molecule has 68 valence electrons. The fourth-order valence-electron chi connectivity index (χ4n) is 1.68. The summed E-state index contributed by atoms with van der Waals surface area (Å²) in [5.41, 5.74) is 0. The molecule has 1 aliphatic rings. The van der Waals surface area contributed by atoms with Gasteiger partial charge in [0.05, 0.1) is 0 Å². The molecule has 0 aliphatic heterocycles. The first kappa shape index (κ1) is 9.23. The average molecular weight is 169 g/mol. The van der Waals surface area contributed by atoms with Crippen LogP contribution in [-0.4, -0.2) is 11.8 Å². The first-order valence-corrected chi connectivity index (χ1v) is 4.42. The van der Waals surface area contributed by atoms with Gasteiger partial charge in [-0.2, -0.15) is 0 Å². The van der Waals surface area contributed by atoms with Gasteiger partial charge >= 0.3 is 0 Å². The number of hydrogen-bond donors (Lipinski definition) is 0. The molecule has 0 aromatic rings. The van der Waals surface area contributed by atoms with Crippen LogP contribution in [0.1, 0.15) is 38.5 Å². The van der Waals surface area contributed by atoms with E-state index in [2.05, 4.69) is 0 Å². The van der Waals surface area contributed by atoms with E-state index in [-0.39, 0.29) is 24.5 Å². The standard InChI is InChI=1S/C9H14O3/c10-8(5-6-9(11)12)7-3-1-2-4-7/h7H,1-6H2,(H,11,12)/p-1. The number of hydrogen-bond acceptors (Lipinski definition) is 3. The highest BCUT2D eigenvalue weighted by molar-refractivity contribution is 5.84. The van der Waals surface area contributed by atoms with Crippen molar-refractivity contribution in [2.75, 3.05) is 0 Å². The summed E-state index contributed by atoms with van der Waals surface area (Å²) < 4.78 is 0. The topological polar surface area (TPSA) is 57.2 Å². The Morgan fingerprint density at radius 1 is 1.17 bits per heavy atom. The average Bonchev–Trinajstić information content (AvgIpc) is 2.51. The van der Waals surface area contributed by atoms with Crippen LogP contribution in [0.4, 0.5) is 0 Å². The zero-order valence-corrected chi connectivity index (χ0v) is 7.04. The highest BCUT2D eigenvalue weighted by Crippen LogP contribution is 2.26. The Kier molecular flexibility index (Phi) is 3.26. The summed E-state index contributed by atoms with van der Waals surface area (Å²) in [7, 11) is 0. The van der Waals surface area contributed by atoms with Crippen LogP contribution in [0, 0.1) is 5.92 Å². The van der Waals surface area contributed by atoms with E-state index in [0.717, 1.165) is 25.7 Å². The molecule has 1 aliphatic carbocycles. The monoisotopic (exact) mass is 169 g/mol. The molecule has 0 atom stereocenters. The van der Waals surface area contributed by atoms with Crippen LogP contribution < -0.4 is 5.11 Å². The van der Waals surface area contributed by atoms with Crippen LogP contribution in [-0.2, 0) is 9.59 Å². The summed E-state index contributed by atoms with van der Waals surface area (Å²) in [6.45, 7) is 0. The number of ketones is 1. The van der Waals surface area contributed by atoms with Gasteiger partial charge in [0.1, 0.15) is 5.78 Å². The molecule has 0 bridgehead atoms. The number of rotatable bonds is 4. The molecule has 0 saturated heterocycles. The van der Waals surface area contributed by atoms with Crippen molar-refractivity contribution < 1.29 is 14.7 Å². The summed E-state index contributed by atoms with van der Waals surface area (Å²) in [6.07, 6.45) is 4.17. The van der Waals surface area contributed by atoms with Gasteiger partial charge in [0.15, 0.2) is 0 Å². The molecular formula is C9H13O3-. The lowest BCUT2D eigenvalue weighted by Crippen LogP contribution is -2.23. The number of carboxylic acid groups (broad SMARTS) is 1. The molecule has 0 radical (unpaired) electrons. The fraction of sp³-hybridized carbons (Fsp3) is 0.778. The first-order chi connectivity index (χ1) is 5.70. The van der Waals surface area contributed by atoms with E-state index in [1.807, 2.05) is 0 Å². The second kappa shape index (κ2) is 4.24. The third-order valence-electron chi connectivity index (χ3n) is 2.39. The molecule has 1 saturated carbocycles. The SMILES string of the molecule is O=C([O-])CCC(=O)C1CCCC1.